The smallest absolute Gasteiger partial charge is 0.138 e. The van der Waals surface area contributed by atoms with Crippen LogP contribution in [0, 0.1) is 10.7 Å². The van der Waals surface area contributed by atoms with Crippen LogP contribution in [0.2, 0.25) is 0 Å². The lowest BCUT2D eigenvalue weighted by Gasteiger charge is -2.06. The van der Waals surface area contributed by atoms with E-state index in [9.17, 15) is 0 Å². The Kier molecular flexibility index (Phi) is 6.58. The van der Waals surface area contributed by atoms with Crippen molar-refractivity contribution in [2.45, 2.75) is 26.2 Å². The Morgan fingerprint density at radius 1 is 0.955 bits per heavy atom. The zero-order valence-corrected chi connectivity index (χ0v) is 13.6. The van der Waals surface area contributed by atoms with Gasteiger partial charge in [0, 0.05) is 10.5 Å². The van der Waals surface area contributed by atoms with Crippen LogP contribution in [-0.2, 0) is 0 Å². The molecule has 0 saturated carbocycles. The van der Waals surface area contributed by atoms with E-state index < -0.39 is 0 Å². The standard InChI is InChI=1S/C20H19NS/c1-2-3-14-19(22-16-21)15-20(17-10-6-4-7-11-17)18-12-8-5-9-13-18/h4-13H,2-3,14H2,1H3. The molecule has 0 spiro atoms. The molecule has 0 bridgehead atoms. The highest BCUT2D eigenvalue weighted by molar-refractivity contribution is 8.07. The minimum Gasteiger partial charge on any atom is -0.185 e. The lowest BCUT2D eigenvalue weighted by molar-refractivity contribution is 0.810. The number of hydrogen-bond acceptors (Lipinski definition) is 2. The minimum absolute atomic E-state index is 0.901. The Hall–Kier alpha value is -2.20. The van der Waals surface area contributed by atoms with Crippen molar-refractivity contribution in [3.8, 4) is 5.40 Å². The predicted octanol–water partition coefficient (Wildman–Crippen LogP) is 6.01. The molecule has 2 aromatic rings. The van der Waals surface area contributed by atoms with Gasteiger partial charge >= 0.3 is 0 Å². The third-order valence-corrected chi connectivity index (χ3v) is 3.96. The molecule has 22 heavy (non-hydrogen) atoms. The number of benzene rings is 2. The van der Waals surface area contributed by atoms with E-state index in [0.29, 0.717) is 0 Å². The SMILES string of the molecule is CCCCC(=C=C(c1ccccc1)c1ccccc1)SC#N. The first-order chi connectivity index (χ1) is 10.8. The van der Waals surface area contributed by atoms with Crippen LogP contribution in [0.1, 0.15) is 37.3 Å². The van der Waals surface area contributed by atoms with Gasteiger partial charge in [-0.1, -0.05) is 74.0 Å². The molecular formula is C20H19NS. The van der Waals surface area contributed by atoms with Gasteiger partial charge in [-0.05, 0) is 35.7 Å². The fraction of sp³-hybridized carbons (Fsp3) is 0.200. The molecule has 0 aliphatic carbocycles. The second-order valence-corrected chi connectivity index (χ2v) is 5.83. The van der Waals surface area contributed by atoms with Crippen molar-refractivity contribution in [3.05, 3.63) is 82.4 Å². The van der Waals surface area contributed by atoms with Gasteiger partial charge in [-0.2, -0.15) is 5.26 Å². The maximum atomic E-state index is 9.03. The summed E-state index contributed by atoms with van der Waals surface area (Å²) in [6.45, 7) is 2.16. The maximum Gasteiger partial charge on any atom is 0.138 e. The van der Waals surface area contributed by atoms with Gasteiger partial charge in [-0.3, -0.25) is 0 Å². The Balaban J connectivity index is 2.56. The average molecular weight is 305 g/mol. The number of allylic oxidation sites excluding steroid dienone is 1. The highest BCUT2D eigenvalue weighted by atomic mass is 32.2. The molecule has 0 aromatic heterocycles. The Bertz CT molecular complexity index is 648. The monoisotopic (exact) mass is 305 g/mol. The fourth-order valence-electron chi connectivity index (χ4n) is 2.19. The van der Waals surface area contributed by atoms with E-state index in [1.807, 2.05) is 36.4 Å². The van der Waals surface area contributed by atoms with Crippen molar-refractivity contribution in [3.63, 3.8) is 0 Å². The molecular weight excluding hydrogens is 286 g/mol. The van der Waals surface area contributed by atoms with Crippen LogP contribution in [0.15, 0.2) is 71.3 Å². The van der Waals surface area contributed by atoms with Gasteiger partial charge in [0.1, 0.15) is 5.40 Å². The molecule has 1 nitrogen and oxygen atoms in total. The fourth-order valence-corrected chi connectivity index (χ4v) is 2.70. The third kappa shape index (κ3) is 4.67. The quantitative estimate of drug-likeness (QED) is 0.482. The molecule has 110 valence electrons. The summed E-state index contributed by atoms with van der Waals surface area (Å²) in [7, 11) is 0. The van der Waals surface area contributed by atoms with Crippen LogP contribution in [0.25, 0.3) is 5.57 Å². The highest BCUT2D eigenvalue weighted by Crippen LogP contribution is 2.26. The second-order valence-electron chi connectivity index (χ2n) is 4.95. The normalized spacial score (nSPS) is 9.64. The van der Waals surface area contributed by atoms with E-state index in [1.54, 1.807) is 0 Å². The van der Waals surface area contributed by atoms with Gasteiger partial charge in [0.2, 0.25) is 0 Å². The average Bonchev–Trinajstić information content (AvgIpc) is 2.59. The van der Waals surface area contributed by atoms with Crippen molar-refractivity contribution < 1.29 is 0 Å². The van der Waals surface area contributed by atoms with Gasteiger partial charge in [0.15, 0.2) is 0 Å². The highest BCUT2D eigenvalue weighted by Gasteiger charge is 2.05. The summed E-state index contributed by atoms with van der Waals surface area (Å²) in [6, 6.07) is 20.5. The Morgan fingerprint density at radius 2 is 1.50 bits per heavy atom. The summed E-state index contributed by atoms with van der Waals surface area (Å²) < 4.78 is 0. The largest absolute Gasteiger partial charge is 0.185 e. The van der Waals surface area contributed by atoms with Crippen LogP contribution in [-0.4, -0.2) is 0 Å². The lowest BCUT2D eigenvalue weighted by Crippen LogP contribution is -1.87. The number of nitrogens with zero attached hydrogens (tertiary/aromatic N) is 1. The van der Waals surface area contributed by atoms with Gasteiger partial charge in [0.25, 0.3) is 0 Å². The first-order valence-corrected chi connectivity index (χ1v) is 8.33. The van der Waals surface area contributed by atoms with E-state index in [-0.39, 0.29) is 0 Å². The molecule has 0 unspecified atom stereocenters. The zero-order chi connectivity index (χ0) is 15.6. The number of nitriles is 1. The minimum atomic E-state index is 0.901. The number of thioether (sulfide) groups is 1. The molecule has 0 heterocycles. The van der Waals surface area contributed by atoms with Crippen LogP contribution in [0.3, 0.4) is 0 Å². The molecule has 2 aromatic carbocycles. The second kappa shape index (κ2) is 8.95. The van der Waals surface area contributed by atoms with Gasteiger partial charge in [0.05, 0.1) is 0 Å². The van der Waals surface area contributed by atoms with Crippen LogP contribution < -0.4 is 0 Å². The topological polar surface area (TPSA) is 23.8 Å². The summed E-state index contributed by atoms with van der Waals surface area (Å²) in [5.41, 5.74) is 6.80. The van der Waals surface area contributed by atoms with E-state index in [0.717, 1.165) is 40.9 Å². The summed E-state index contributed by atoms with van der Waals surface area (Å²) in [5.74, 6) is 0. The molecule has 2 heteroatoms. The molecule has 0 aliphatic rings. The summed E-state index contributed by atoms with van der Waals surface area (Å²) in [5, 5.41) is 11.2. The molecule has 0 aliphatic heterocycles. The molecule has 0 fully saturated rings. The van der Waals surface area contributed by atoms with Crippen molar-refractivity contribution in [1.82, 2.24) is 0 Å². The summed E-state index contributed by atoms with van der Waals surface area (Å²) in [6.07, 6.45) is 3.09. The molecule has 2 rings (SSSR count). The number of hydrogen-bond donors (Lipinski definition) is 0. The van der Waals surface area contributed by atoms with Gasteiger partial charge in [-0.15, -0.1) is 5.73 Å². The maximum absolute atomic E-state index is 9.03. The zero-order valence-electron chi connectivity index (χ0n) is 12.8. The van der Waals surface area contributed by atoms with Crippen LogP contribution in [0.4, 0.5) is 0 Å². The number of thiocyanates is 1. The number of rotatable bonds is 6. The third-order valence-electron chi connectivity index (χ3n) is 3.32. The molecule has 0 amide bonds. The predicted molar refractivity (Wildman–Crippen MR) is 95.1 cm³/mol. The first-order valence-electron chi connectivity index (χ1n) is 7.51. The lowest BCUT2D eigenvalue weighted by atomic mass is 9.98. The molecule has 0 saturated heterocycles. The summed E-state index contributed by atoms with van der Waals surface area (Å²) >= 11 is 1.22. The van der Waals surface area contributed by atoms with Gasteiger partial charge < -0.3 is 0 Å². The first kappa shape index (κ1) is 16.2. The molecule has 0 atom stereocenters. The van der Waals surface area contributed by atoms with Crippen LogP contribution >= 0.6 is 11.8 Å². The van der Waals surface area contributed by atoms with E-state index >= 15 is 0 Å². The molecule has 0 N–H and O–H groups in total. The van der Waals surface area contributed by atoms with E-state index in [2.05, 4.69) is 42.3 Å². The van der Waals surface area contributed by atoms with Crippen LogP contribution in [0.5, 0.6) is 0 Å². The van der Waals surface area contributed by atoms with Gasteiger partial charge in [-0.25, -0.2) is 0 Å². The van der Waals surface area contributed by atoms with E-state index in [4.69, 9.17) is 5.26 Å². The Morgan fingerprint density at radius 3 is 1.95 bits per heavy atom. The summed E-state index contributed by atoms with van der Waals surface area (Å²) in [4.78, 5) is 1.01. The van der Waals surface area contributed by atoms with E-state index in [1.165, 1.54) is 11.8 Å². The van der Waals surface area contributed by atoms with Crippen molar-refractivity contribution in [1.29, 1.82) is 5.26 Å². The Labute approximate surface area is 137 Å². The molecule has 0 radical (unpaired) electrons. The van der Waals surface area contributed by atoms with Crippen molar-refractivity contribution in [2.24, 2.45) is 0 Å². The van der Waals surface area contributed by atoms with Crippen molar-refractivity contribution >= 4 is 17.3 Å². The van der Waals surface area contributed by atoms with Crippen molar-refractivity contribution in [2.75, 3.05) is 0 Å². The number of unbranched alkanes of at least 4 members (excludes halogenated alkanes) is 1.